The smallest absolute Gasteiger partial charge is 0.418 e. The molecule has 2 aromatic rings. The first-order valence-electron chi connectivity index (χ1n) is 9.22. The molecule has 0 spiro atoms. The summed E-state index contributed by atoms with van der Waals surface area (Å²) in [5, 5.41) is 5.94. The van der Waals surface area contributed by atoms with Crippen LogP contribution in [-0.4, -0.2) is 34.8 Å². The predicted molar refractivity (Wildman–Crippen MR) is 113 cm³/mol. The van der Waals surface area contributed by atoms with Crippen molar-refractivity contribution >= 4 is 41.2 Å². The maximum atomic E-state index is 13.0. The van der Waals surface area contributed by atoms with E-state index >= 15 is 0 Å². The van der Waals surface area contributed by atoms with Gasteiger partial charge in [0.25, 0.3) is 11.5 Å². The van der Waals surface area contributed by atoms with E-state index in [0.717, 1.165) is 11.6 Å². The van der Waals surface area contributed by atoms with Gasteiger partial charge < -0.3 is 10.1 Å². The lowest BCUT2D eigenvalue weighted by atomic mass is 10.1. The number of benzene rings is 1. The zero-order chi connectivity index (χ0) is 24.1. The lowest BCUT2D eigenvalue weighted by molar-refractivity contribution is -0.143. The largest absolute Gasteiger partial charge is 0.466 e. The second-order valence-electron chi connectivity index (χ2n) is 6.41. The lowest BCUT2D eigenvalue weighted by Crippen LogP contribution is -2.27. The van der Waals surface area contributed by atoms with Gasteiger partial charge in [0, 0.05) is 17.1 Å². The van der Waals surface area contributed by atoms with Crippen LogP contribution in [0.5, 0.6) is 0 Å². The standard InChI is InChI=1S/C20H18Cl2F3N3O4/c1-3-32-17(29)6-7-26-18(30)16(22)9-12-8-13(4-5-15(12)21)28-19(31)11(2)14(10-27-28)20(23,24)25/h4-5,8-10H,3,6-7H2,1-2H3,(H,26,30)/b16-9-. The van der Waals surface area contributed by atoms with Gasteiger partial charge in [0.05, 0.1) is 30.5 Å². The highest BCUT2D eigenvalue weighted by atomic mass is 35.5. The van der Waals surface area contributed by atoms with Crippen molar-refractivity contribution in [3.8, 4) is 5.69 Å². The third-order valence-corrected chi connectivity index (χ3v) is 4.79. The van der Waals surface area contributed by atoms with Gasteiger partial charge in [-0.25, -0.2) is 0 Å². The van der Waals surface area contributed by atoms with Crippen molar-refractivity contribution in [3.05, 3.63) is 61.5 Å². The minimum atomic E-state index is -4.71. The summed E-state index contributed by atoms with van der Waals surface area (Å²) in [6.45, 7) is 2.93. The molecule has 0 atom stereocenters. The Balaban J connectivity index is 2.28. The molecule has 32 heavy (non-hydrogen) atoms. The second-order valence-corrected chi connectivity index (χ2v) is 7.22. The monoisotopic (exact) mass is 491 g/mol. The molecule has 0 unspecified atom stereocenters. The molecule has 0 radical (unpaired) electrons. The lowest BCUT2D eigenvalue weighted by Gasteiger charge is -2.12. The van der Waals surface area contributed by atoms with Crippen molar-refractivity contribution in [2.75, 3.05) is 13.2 Å². The number of nitrogens with zero attached hydrogens (tertiary/aromatic N) is 2. The van der Waals surface area contributed by atoms with Gasteiger partial charge in [0.2, 0.25) is 0 Å². The Morgan fingerprint density at radius 3 is 2.62 bits per heavy atom. The van der Waals surface area contributed by atoms with Crippen molar-refractivity contribution in [1.29, 1.82) is 0 Å². The number of carbonyl (C=O) groups excluding carboxylic acids is 2. The zero-order valence-corrected chi connectivity index (χ0v) is 18.4. The van der Waals surface area contributed by atoms with Crippen molar-refractivity contribution in [3.63, 3.8) is 0 Å². The zero-order valence-electron chi connectivity index (χ0n) is 16.9. The van der Waals surface area contributed by atoms with E-state index in [1.54, 1.807) is 6.92 Å². The van der Waals surface area contributed by atoms with E-state index in [9.17, 15) is 27.6 Å². The molecule has 0 aliphatic rings. The number of alkyl halides is 3. The first-order valence-corrected chi connectivity index (χ1v) is 9.98. The Labute approximate surface area is 190 Å². The van der Waals surface area contributed by atoms with Crippen LogP contribution < -0.4 is 10.9 Å². The van der Waals surface area contributed by atoms with E-state index < -0.39 is 34.7 Å². The van der Waals surface area contributed by atoms with Crippen molar-refractivity contribution < 1.29 is 27.5 Å². The fourth-order valence-corrected chi connectivity index (χ4v) is 2.94. The summed E-state index contributed by atoms with van der Waals surface area (Å²) in [4.78, 5) is 35.8. The third-order valence-electron chi connectivity index (χ3n) is 4.17. The number of carbonyl (C=O) groups is 2. The van der Waals surface area contributed by atoms with E-state index in [2.05, 4.69) is 10.4 Å². The van der Waals surface area contributed by atoms with Crippen molar-refractivity contribution in [2.45, 2.75) is 26.4 Å². The van der Waals surface area contributed by atoms with Crippen LogP contribution in [0.2, 0.25) is 5.02 Å². The van der Waals surface area contributed by atoms with Crippen LogP contribution in [0, 0.1) is 6.92 Å². The van der Waals surface area contributed by atoms with Gasteiger partial charge in [-0.15, -0.1) is 0 Å². The Bertz CT molecular complexity index is 1110. The summed E-state index contributed by atoms with van der Waals surface area (Å²) >= 11 is 12.1. The summed E-state index contributed by atoms with van der Waals surface area (Å²) in [5.41, 5.74) is -2.26. The molecule has 0 aliphatic carbocycles. The summed E-state index contributed by atoms with van der Waals surface area (Å²) in [7, 11) is 0. The normalized spacial score (nSPS) is 11.9. The molecule has 1 aromatic carbocycles. The highest BCUT2D eigenvalue weighted by molar-refractivity contribution is 6.44. The van der Waals surface area contributed by atoms with Crippen LogP contribution in [0.15, 0.2) is 34.2 Å². The van der Waals surface area contributed by atoms with Crippen LogP contribution in [0.4, 0.5) is 13.2 Å². The molecule has 0 saturated carbocycles. The van der Waals surface area contributed by atoms with Gasteiger partial charge >= 0.3 is 12.1 Å². The van der Waals surface area contributed by atoms with Gasteiger partial charge in [0.15, 0.2) is 0 Å². The van der Waals surface area contributed by atoms with Crippen LogP contribution >= 0.6 is 23.2 Å². The molecule has 0 saturated heterocycles. The predicted octanol–water partition coefficient (Wildman–Crippen LogP) is 3.86. The minimum absolute atomic E-state index is 0.000354. The number of aromatic nitrogens is 2. The van der Waals surface area contributed by atoms with E-state index in [0.29, 0.717) is 6.20 Å². The van der Waals surface area contributed by atoms with Crippen LogP contribution in [-0.2, 0) is 20.5 Å². The molecule has 0 fully saturated rings. The Hall–Kier alpha value is -2.85. The van der Waals surface area contributed by atoms with E-state index in [-0.39, 0.29) is 40.9 Å². The van der Waals surface area contributed by atoms with Crippen molar-refractivity contribution in [1.82, 2.24) is 15.1 Å². The summed E-state index contributed by atoms with van der Waals surface area (Å²) < 4.78 is 44.5. The number of rotatable bonds is 7. The average Bonchev–Trinajstić information content (AvgIpc) is 2.71. The summed E-state index contributed by atoms with van der Waals surface area (Å²) in [6, 6.07) is 4.11. The Kier molecular flexibility index (Phi) is 8.45. The average molecular weight is 492 g/mol. The molecule has 7 nitrogen and oxygen atoms in total. The number of amides is 1. The number of hydrogen-bond acceptors (Lipinski definition) is 5. The van der Waals surface area contributed by atoms with Gasteiger partial charge in [-0.3, -0.25) is 14.4 Å². The minimum Gasteiger partial charge on any atom is -0.466 e. The number of halogens is 5. The van der Waals surface area contributed by atoms with E-state index in [4.69, 9.17) is 27.9 Å². The fourth-order valence-electron chi connectivity index (χ4n) is 2.58. The highest BCUT2D eigenvalue weighted by Gasteiger charge is 2.34. The first kappa shape index (κ1) is 25.4. The molecular weight excluding hydrogens is 474 g/mol. The molecule has 2 rings (SSSR count). The number of ether oxygens (including phenoxy) is 1. The molecular formula is C20H18Cl2F3N3O4. The summed E-state index contributed by atoms with van der Waals surface area (Å²) in [6.07, 6.45) is -2.97. The third kappa shape index (κ3) is 6.33. The molecule has 1 N–H and O–H groups in total. The maximum Gasteiger partial charge on any atom is 0.418 e. The van der Waals surface area contributed by atoms with Gasteiger partial charge in [0.1, 0.15) is 5.03 Å². The van der Waals surface area contributed by atoms with Crippen LogP contribution in [0.1, 0.15) is 30.0 Å². The molecule has 1 heterocycles. The van der Waals surface area contributed by atoms with Crippen LogP contribution in [0.25, 0.3) is 11.8 Å². The van der Waals surface area contributed by atoms with Gasteiger partial charge in [-0.05, 0) is 43.7 Å². The first-order chi connectivity index (χ1) is 15.0. The van der Waals surface area contributed by atoms with Crippen molar-refractivity contribution in [2.24, 2.45) is 0 Å². The number of nitrogens with one attached hydrogen (secondary N) is 1. The van der Waals surface area contributed by atoms with Gasteiger partial charge in [-0.2, -0.15) is 23.0 Å². The topological polar surface area (TPSA) is 90.3 Å². The quantitative estimate of drug-likeness (QED) is 0.469. The molecule has 172 valence electrons. The van der Waals surface area contributed by atoms with Crippen LogP contribution in [0.3, 0.4) is 0 Å². The van der Waals surface area contributed by atoms with Gasteiger partial charge in [-0.1, -0.05) is 23.2 Å². The molecule has 0 bridgehead atoms. The Morgan fingerprint density at radius 1 is 1.31 bits per heavy atom. The number of hydrogen-bond donors (Lipinski definition) is 1. The van der Waals surface area contributed by atoms with E-state index in [1.165, 1.54) is 24.3 Å². The molecule has 1 aromatic heterocycles. The second kappa shape index (κ2) is 10.6. The fraction of sp³-hybridized carbons (Fsp3) is 0.300. The SMILES string of the molecule is CCOC(=O)CCNC(=O)/C(Cl)=C/c1cc(-n2ncc(C(F)(F)F)c(C)c2=O)ccc1Cl. The molecule has 0 aliphatic heterocycles. The van der Waals surface area contributed by atoms with E-state index in [1.807, 2.05) is 0 Å². The number of esters is 1. The molecule has 1 amide bonds. The highest BCUT2D eigenvalue weighted by Crippen LogP contribution is 2.30. The Morgan fingerprint density at radius 2 is 2.00 bits per heavy atom. The molecule has 12 heteroatoms. The summed E-state index contributed by atoms with van der Waals surface area (Å²) in [5.74, 6) is -1.16. The maximum absolute atomic E-state index is 13.0.